The Bertz CT molecular complexity index is 951. The Morgan fingerprint density at radius 2 is 1.79 bits per heavy atom. The minimum Gasteiger partial charge on any atom is -0.396 e. The number of hydrogen-bond acceptors (Lipinski definition) is 8. The molecular weight excluding hydrogens is 420 g/mol. The van der Waals surface area contributed by atoms with Gasteiger partial charge in [0.15, 0.2) is 0 Å². The Hall–Kier alpha value is -3.56. The van der Waals surface area contributed by atoms with Gasteiger partial charge in [0, 0.05) is 50.6 Å². The van der Waals surface area contributed by atoms with Crippen molar-refractivity contribution in [3.8, 4) is 0 Å². The maximum atomic E-state index is 12.8. The van der Waals surface area contributed by atoms with Crippen molar-refractivity contribution in [2.45, 2.75) is 26.2 Å². The first-order valence-electron chi connectivity index (χ1n) is 11.6. The normalized spacial score (nSPS) is 16.8. The number of nitrogens with two attached hydrogens (primary N) is 1. The van der Waals surface area contributed by atoms with Gasteiger partial charge < -0.3 is 30.6 Å². The highest BCUT2D eigenvalue weighted by Gasteiger charge is 2.24. The molecule has 1 aromatic heterocycles. The predicted octanol–water partition coefficient (Wildman–Crippen LogP) is 2.77. The van der Waals surface area contributed by atoms with E-state index < -0.39 is 0 Å². The summed E-state index contributed by atoms with van der Waals surface area (Å²) in [6.07, 6.45) is 6.78. The summed E-state index contributed by atoms with van der Waals surface area (Å²) in [6, 6.07) is 8.03. The van der Waals surface area contributed by atoms with E-state index in [2.05, 4.69) is 42.4 Å². The number of piperidine rings is 1. The van der Waals surface area contributed by atoms with E-state index in [1.54, 1.807) is 6.21 Å². The number of urea groups is 1. The molecule has 10 nitrogen and oxygen atoms in total. The van der Waals surface area contributed by atoms with E-state index in [-0.39, 0.29) is 6.03 Å². The van der Waals surface area contributed by atoms with Crippen molar-refractivity contribution in [3.63, 3.8) is 0 Å². The van der Waals surface area contributed by atoms with E-state index >= 15 is 0 Å². The summed E-state index contributed by atoms with van der Waals surface area (Å²) in [7, 11) is 0. The van der Waals surface area contributed by atoms with Gasteiger partial charge in [-0.05, 0) is 50.5 Å². The standard InChI is InChI=1S/C23H32N8O2/c1-2-33-27-16-20-21(24)25-17-26-22(20)30-12-14-31(15-13-30)23(32)28-18-6-8-19(9-7-18)29-10-4-3-5-11-29/h6-9,16-17H,2-5,10-15H2,1H3,(H,28,32)(H2,24,25,26). The van der Waals surface area contributed by atoms with Crippen LogP contribution in [0, 0.1) is 0 Å². The van der Waals surface area contributed by atoms with Crippen molar-refractivity contribution in [3.05, 3.63) is 36.2 Å². The van der Waals surface area contributed by atoms with Crippen molar-refractivity contribution < 1.29 is 9.63 Å². The van der Waals surface area contributed by atoms with Crippen LogP contribution in [-0.4, -0.2) is 73.0 Å². The number of benzene rings is 1. The van der Waals surface area contributed by atoms with Crippen LogP contribution in [0.5, 0.6) is 0 Å². The Morgan fingerprint density at radius 1 is 1.06 bits per heavy atom. The van der Waals surface area contributed by atoms with Gasteiger partial charge in [-0.3, -0.25) is 0 Å². The maximum absolute atomic E-state index is 12.8. The fourth-order valence-corrected chi connectivity index (χ4v) is 4.17. The number of piperazine rings is 1. The minimum atomic E-state index is -0.0966. The molecule has 10 heteroatoms. The lowest BCUT2D eigenvalue weighted by atomic mass is 10.1. The number of nitrogens with one attached hydrogen (secondary N) is 1. The van der Waals surface area contributed by atoms with Gasteiger partial charge in [-0.1, -0.05) is 5.16 Å². The zero-order valence-corrected chi connectivity index (χ0v) is 19.1. The molecule has 2 amide bonds. The van der Waals surface area contributed by atoms with Gasteiger partial charge in [0.1, 0.15) is 24.6 Å². The maximum Gasteiger partial charge on any atom is 0.321 e. The minimum absolute atomic E-state index is 0.0966. The second-order valence-electron chi connectivity index (χ2n) is 8.15. The monoisotopic (exact) mass is 452 g/mol. The molecular formula is C23H32N8O2. The Morgan fingerprint density at radius 3 is 2.48 bits per heavy atom. The summed E-state index contributed by atoms with van der Waals surface area (Å²) >= 11 is 0. The van der Waals surface area contributed by atoms with Crippen LogP contribution >= 0.6 is 0 Å². The molecule has 33 heavy (non-hydrogen) atoms. The molecule has 0 atom stereocenters. The van der Waals surface area contributed by atoms with Crippen LogP contribution in [0.3, 0.4) is 0 Å². The number of hydrogen-bond donors (Lipinski definition) is 2. The molecule has 3 heterocycles. The Labute approximate surface area is 194 Å². The summed E-state index contributed by atoms with van der Waals surface area (Å²) in [5, 5.41) is 6.93. The van der Waals surface area contributed by atoms with Gasteiger partial charge in [-0.25, -0.2) is 14.8 Å². The quantitative estimate of drug-likeness (QED) is 0.512. The van der Waals surface area contributed by atoms with Crippen molar-refractivity contribution in [1.82, 2.24) is 14.9 Å². The molecule has 2 fully saturated rings. The van der Waals surface area contributed by atoms with Crippen LogP contribution in [-0.2, 0) is 4.84 Å². The average Bonchev–Trinajstić information content (AvgIpc) is 2.86. The molecule has 0 radical (unpaired) electrons. The number of amides is 2. The van der Waals surface area contributed by atoms with Crippen molar-refractivity contribution in [1.29, 1.82) is 0 Å². The van der Waals surface area contributed by atoms with Crippen LogP contribution in [0.2, 0.25) is 0 Å². The van der Waals surface area contributed by atoms with E-state index in [1.807, 2.05) is 24.0 Å². The summed E-state index contributed by atoms with van der Waals surface area (Å²) in [6.45, 7) is 6.94. The smallest absolute Gasteiger partial charge is 0.321 e. The molecule has 0 spiro atoms. The number of aromatic nitrogens is 2. The first-order chi connectivity index (χ1) is 16.2. The third kappa shape index (κ3) is 5.63. The van der Waals surface area contributed by atoms with Crippen molar-refractivity contribution in [2.24, 2.45) is 5.16 Å². The SMILES string of the molecule is CCON=Cc1c(N)ncnc1N1CCN(C(=O)Nc2ccc(N3CCCCC3)cc2)CC1. The van der Waals surface area contributed by atoms with E-state index in [4.69, 9.17) is 10.6 Å². The number of nitrogen functional groups attached to an aromatic ring is 1. The van der Waals surface area contributed by atoms with E-state index in [9.17, 15) is 4.79 Å². The molecule has 1 aromatic carbocycles. The predicted molar refractivity (Wildman–Crippen MR) is 131 cm³/mol. The van der Waals surface area contributed by atoms with Gasteiger partial charge in [-0.2, -0.15) is 0 Å². The van der Waals surface area contributed by atoms with E-state index in [1.165, 1.54) is 31.3 Å². The molecule has 3 N–H and O–H groups in total. The van der Waals surface area contributed by atoms with Gasteiger partial charge in [0.2, 0.25) is 0 Å². The second kappa shape index (κ2) is 10.8. The van der Waals surface area contributed by atoms with Crippen LogP contribution in [0.15, 0.2) is 35.7 Å². The lowest BCUT2D eigenvalue weighted by Crippen LogP contribution is -2.50. The highest BCUT2D eigenvalue weighted by molar-refractivity contribution is 5.92. The summed E-state index contributed by atoms with van der Waals surface area (Å²) < 4.78 is 0. The van der Waals surface area contributed by atoms with Crippen LogP contribution in [0.4, 0.5) is 27.8 Å². The topological polar surface area (TPSA) is 112 Å². The second-order valence-corrected chi connectivity index (χ2v) is 8.15. The molecule has 0 bridgehead atoms. The molecule has 0 aliphatic carbocycles. The van der Waals surface area contributed by atoms with Gasteiger partial charge in [0.25, 0.3) is 0 Å². The number of anilines is 4. The summed E-state index contributed by atoms with van der Waals surface area (Å²) in [5.74, 6) is 1.04. The van der Waals surface area contributed by atoms with Gasteiger partial charge in [-0.15, -0.1) is 0 Å². The van der Waals surface area contributed by atoms with E-state index in [0.717, 1.165) is 18.8 Å². The summed E-state index contributed by atoms with van der Waals surface area (Å²) in [4.78, 5) is 32.6. The molecule has 2 aliphatic heterocycles. The third-order valence-corrected chi connectivity index (χ3v) is 5.99. The van der Waals surface area contributed by atoms with Crippen molar-refractivity contribution in [2.75, 3.05) is 66.7 Å². The van der Waals surface area contributed by atoms with Gasteiger partial charge >= 0.3 is 6.03 Å². The zero-order valence-electron chi connectivity index (χ0n) is 19.1. The average molecular weight is 453 g/mol. The molecule has 2 aromatic rings. The fourth-order valence-electron chi connectivity index (χ4n) is 4.17. The van der Waals surface area contributed by atoms with Crippen LogP contribution in [0.1, 0.15) is 31.7 Å². The first-order valence-corrected chi connectivity index (χ1v) is 11.6. The highest BCUT2D eigenvalue weighted by atomic mass is 16.6. The van der Waals surface area contributed by atoms with Gasteiger partial charge in [0.05, 0.1) is 11.8 Å². The van der Waals surface area contributed by atoms with Crippen molar-refractivity contribution >= 4 is 35.3 Å². The lowest BCUT2D eigenvalue weighted by molar-refractivity contribution is 0.160. The first kappa shape index (κ1) is 22.6. The zero-order chi connectivity index (χ0) is 23.0. The van der Waals surface area contributed by atoms with E-state index in [0.29, 0.717) is 50.0 Å². The van der Waals surface area contributed by atoms with Crippen LogP contribution in [0.25, 0.3) is 0 Å². The Balaban J connectivity index is 1.33. The number of nitrogens with zero attached hydrogens (tertiary/aromatic N) is 6. The highest BCUT2D eigenvalue weighted by Crippen LogP contribution is 2.23. The molecule has 2 saturated heterocycles. The molecule has 176 valence electrons. The molecule has 2 aliphatic rings. The number of carbonyl (C=O) groups is 1. The number of rotatable bonds is 6. The lowest BCUT2D eigenvalue weighted by Gasteiger charge is -2.36. The number of carbonyl (C=O) groups excluding carboxylic acids is 1. The summed E-state index contributed by atoms with van der Waals surface area (Å²) in [5.41, 5.74) is 8.67. The molecule has 4 rings (SSSR count). The molecule has 0 saturated carbocycles. The number of oxime groups is 1. The fraction of sp³-hybridized carbons (Fsp3) is 0.478. The molecule has 0 unspecified atom stereocenters. The third-order valence-electron chi connectivity index (χ3n) is 5.99. The van der Waals surface area contributed by atoms with Crippen LogP contribution < -0.4 is 20.9 Å². The Kier molecular flexibility index (Phi) is 7.43. The largest absolute Gasteiger partial charge is 0.396 e.